The van der Waals surface area contributed by atoms with Gasteiger partial charge >= 0.3 is 6.18 Å². The Morgan fingerprint density at radius 2 is 1.80 bits per heavy atom. The third-order valence-electron chi connectivity index (χ3n) is 2.76. The van der Waals surface area contributed by atoms with Gasteiger partial charge in [0.05, 0.1) is 5.92 Å². The molecule has 90 valence electrons. The van der Waals surface area contributed by atoms with Gasteiger partial charge in [-0.15, -0.1) is 0 Å². The Morgan fingerprint density at radius 1 is 1.27 bits per heavy atom. The molecule has 0 saturated heterocycles. The minimum Gasteiger partial charge on any atom is -0.347 e. The van der Waals surface area contributed by atoms with Crippen molar-refractivity contribution in [3.05, 3.63) is 0 Å². The highest BCUT2D eigenvalue weighted by atomic mass is 19.4. The third-order valence-corrected chi connectivity index (χ3v) is 2.76. The lowest BCUT2D eigenvalue weighted by molar-refractivity contribution is -0.361. The molecule has 0 heterocycles. The summed E-state index contributed by atoms with van der Waals surface area (Å²) >= 11 is 0. The summed E-state index contributed by atoms with van der Waals surface area (Å²) in [7, 11) is 0. The van der Waals surface area contributed by atoms with E-state index >= 15 is 0 Å². The molecule has 0 N–H and O–H groups in total. The number of hydrogen-bond acceptors (Lipinski definition) is 2. The van der Waals surface area contributed by atoms with Crippen molar-refractivity contribution in [1.29, 1.82) is 0 Å². The van der Waals surface area contributed by atoms with Crippen molar-refractivity contribution in [2.45, 2.75) is 44.6 Å². The molecule has 0 atom stereocenters. The van der Waals surface area contributed by atoms with Gasteiger partial charge in [-0.1, -0.05) is 0 Å². The van der Waals surface area contributed by atoms with Gasteiger partial charge in [-0.2, -0.15) is 18.1 Å². The zero-order valence-corrected chi connectivity index (χ0v) is 8.44. The topological polar surface area (TPSA) is 18.5 Å². The second kappa shape index (κ2) is 4.65. The van der Waals surface area contributed by atoms with Crippen LogP contribution in [0.3, 0.4) is 0 Å². The smallest absolute Gasteiger partial charge is 0.347 e. The zero-order valence-electron chi connectivity index (χ0n) is 8.44. The standard InChI is InChI=1S/C9H14F4O2/c1-2-14-8(15-13)5-3-7(4-6-8)9(10,11)12/h7H,2-6H2,1H3. The number of alkyl halides is 3. The minimum absolute atomic E-state index is 0.0541. The summed E-state index contributed by atoms with van der Waals surface area (Å²) in [6.07, 6.45) is -4.60. The van der Waals surface area contributed by atoms with Crippen LogP contribution in [-0.2, 0) is 9.68 Å². The molecule has 0 radical (unpaired) electrons. The maximum atomic E-state index is 12.3. The Balaban J connectivity index is 2.53. The quantitative estimate of drug-likeness (QED) is 0.546. The summed E-state index contributed by atoms with van der Waals surface area (Å²) < 4.78 is 54.2. The van der Waals surface area contributed by atoms with Crippen LogP contribution in [0.1, 0.15) is 32.6 Å². The van der Waals surface area contributed by atoms with Gasteiger partial charge in [-0.05, 0) is 24.3 Å². The monoisotopic (exact) mass is 230 g/mol. The maximum absolute atomic E-state index is 12.3. The van der Waals surface area contributed by atoms with Crippen LogP contribution < -0.4 is 0 Å². The molecule has 0 amide bonds. The molecule has 1 fully saturated rings. The molecule has 0 aromatic carbocycles. The van der Waals surface area contributed by atoms with Crippen molar-refractivity contribution >= 4 is 0 Å². The van der Waals surface area contributed by atoms with Gasteiger partial charge in [0.1, 0.15) is 0 Å². The highest BCUT2D eigenvalue weighted by molar-refractivity contribution is 4.82. The van der Waals surface area contributed by atoms with E-state index in [2.05, 4.69) is 4.94 Å². The molecule has 0 aromatic heterocycles. The van der Waals surface area contributed by atoms with Crippen LogP contribution in [0.25, 0.3) is 0 Å². The maximum Gasteiger partial charge on any atom is 0.391 e. The van der Waals surface area contributed by atoms with Crippen molar-refractivity contribution in [3.63, 3.8) is 0 Å². The van der Waals surface area contributed by atoms with E-state index in [-0.39, 0.29) is 32.3 Å². The van der Waals surface area contributed by atoms with Gasteiger partial charge in [0.25, 0.3) is 0 Å². The zero-order chi connectivity index (χ0) is 11.5. The lowest BCUT2D eigenvalue weighted by Crippen LogP contribution is -2.41. The second-order valence-electron chi connectivity index (χ2n) is 3.74. The Hall–Kier alpha value is -0.360. The van der Waals surface area contributed by atoms with Crippen LogP contribution in [0, 0.1) is 5.92 Å². The van der Waals surface area contributed by atoms with Gasteiger partial charge in [-0.25, -0.2) is 0 Å². The molecular formula is C9H14F4O2. The van der Waals surface area contributed by atoms with Gasteiger partial charge in [-0.3, -0.25) is 0 Å². The Bertz CT molecular complexity index is 197. The molecule has 1 aliphatic rings. The fraction of sp³-hybridized carbons (Fsp3) is 1.00. The first-order valence-corrected chi connectivity index (χ1v) is 4.94. The summed E-state index contributed by atoms with van der Waals surface area (Å²) in [5.41, 5.74) is 0. The van der Waals surface area contributed by atoms with Crippen molar-refractivity contribution in [1.82, 2.24) is 0 Å². The molecule has 1 rings (SSSR count). The van der Waals surface area contributed by atoms with E-state index in [0.717, 1.165) is 0 Å². The summed E-state index contributed by atoms with van der Waals surface area (Å²) in [5, 5.41) is 0. The van der Waals surface area contributed by atoms with Gasteiger partial charge in [0.2, 0.25) is 5.79 Å². The molecule has 1 aliphatic carbocycles. The van der Waals surface area contributed by atoms with Crippen molar-refractivity contribution in [2.24, 2.45) is 5.92 Å². The predicted octanol–water partition coefficient (Wildman–Crippen LogP) is 3.37. The summed E-state index contributed by atoms with van der Waals surface area (Å²) in [6, 6.07) is 0. The highest BCUT2D eigenvalue weighted by Crippen LogP contribution is 2.43. The first kappa shape index (κ1) is 12.7. The van der Waals surface area contributed by atoms with Crippen LogP contribution in [0.5, 0.6) is 0 Å². The van der Waals surface area contributed by atoms with Gasteiger partial charge in [0, 0.05) is 19.4 Å². The lowest BCUT2D eigenvalue weighted by Gasteiger charge is -2.36. The van der Waals surface area contributed by atoms with Crippen molar-refractivity contribution in [3.8, 4) is 0 Å². The molecule has 0 aromatic rings. The Morgan fingerprint density at radius 3 is 2.13 bits per heavy atom. The Labute approximate surface area is 85.4 Å². The predicted molar refractivity (Wildman–Crippen MR) is 44.6 cm³/mol. The third kappa shape index (κ3) is 3.04. The highest BCUT2D eigenvalue weighted by Gasteiger charge is 2.47. The van der Waals surface area contributed by atoms with E-state index in [1.807, 2.05) is 0 Å². The first-order chi connectivity index (χ1) is 6.93. The average molecular weight is 230 g/mol. The van der Waals surface area contributed by atoms with Crippen LogP contribution in [0.15, 0.2) is 0 Å². The van der Waals surface area contributed by atoms with Gasteiger partial charge < -0.3 is 4.74 Å². The van der Waals surface area contributed by atoms with E-state index in [1.165, 1.54) is 0 Å². The van der Waals surface area contributed by atoms with Gasteiger partial charge in [0.15, 0.2) is 0 Å². The summed E-state index contributed by atoms with van der Waals surface area (Å²) in [4.78, 5) is 3.69. The summed E-state index contributed by atoms with van der Waals surface area (Å²) in [5.74, 6) is -2.81. The van der Waals surface area contributed by atoms with Crippen molar-refractivity contribution < 1.29 is 27.4 Å². The summed E-state index contributed by atoms with van der Waals surface area (Å²) in [6.45, 7) is 1.87. The van der Waals surface area contributed by atoms with E-state index in [1.54, 1.807) is 6.92 Å². The number of ether oxygens (including phenoxy) is 1. The molecule has 0 bridgehead atoms. The fourth-order valence-electron chi connectivity index (χ4n) is 1.89. The molecule has 1 saturated carbocycles. The van der Waals surface area contributed by atoms with Crippen molar-refractivity contribution in [2.75, 3.05) is 6.61 Å². The molecule has 2 nitrogen and oxygen atoms in total. The molecule has 15 heavy (non-hydrogen) atoms. The van der Waals surface area contributed by atoms with Crippen LogP contribution in [0.2, 0.25) is 0 Å². The number of rotatable bonds is 3. The van der Waals surface area contributed by atoms with E-state index in [9.17, 15) is 17.7 Å². The first-order valence-electron chi connectivity index (χ1n) is 4.94. The van der Waals surface area contributed by atoms with Crippen LogP contribution in [-0.4, -0.2) is 18.6 Å². The molecule has 0 spiro atoms. The average Bonchev–Trinajstić information content (AvgIpc) is 2.17. The number of halogens is 4. The molecule has 6 heteroatoms. The van der Waals surface area contributed by atoms with Crippen LogP contribution >= 0.6 is 0 Å². The van der Waals surface area contributed by atoms with Crippen LogP contribution in [0.4, 0.5) is 17.7 Å². The van der Waals surface area contributed by atoms with E-state index in [4.69, 9.17) is 4.74 Å². The lowest BCUT2D eigenvalue weighted by atomic mass is 9.85. The minimum atomic E-state index is -4.20. The normalized spacial score (nSPS) is 33.0. The SMILES string of the molecule is CCOC1(OF)CCC(C(F)(F)F)CC1. The molecular weight excluding hydrogens is 216 g/mol. The second-order valence-corrected chi connectivity index (χ2v) is 3.74. The molecule has 0 unspecified atom stereocenters. The van der Waals surface area contributed by atoms with E-state index < -0.39 is 17.9 Å². The Kier molecular flexibility index (Phi) is 3.94. The van der Waals surface area contributed by atoms with E-state index in [0.29, 0.717) is 0 Å². The molecule has 0 aliphatic heterocycles. The number of hydrogen-bond donors (Lipinski definition) is 0. The fourth-order valence-corrected chi connectivity index (χ4v) is 1.89. The largest absolute Gasteiger partial charge is 0.391 e.